The quantitative estimate of drug-likeness (QED) is 0.884. The van der Waals surface area contributed by atoms with Gasteiger partial charge in [-0.2, -0.15) is 5.26 Å². The number of amides is 1. The second-order valence-corrected chi connectivity index (χ2v) is 5.54. The molecule has 0 saturated heterocycles. The molecule has 1 aliphatic carbocycles. The van der Waals surface area contributed by atoms with Crippen molar-refractivity contribution in [1.82, 2.24) is 5.32 Å². The van der Waals surface area contributed by atoms with Gasteiger partial charge in [-0.3, -0.25) is 4.79 Å². The van der Waals surface area contributed by atoms with E-state index in [1.54, 1.807) is 24.3 Å². The lowest BCUT2D eigenvalue weighted by atomic mass is 9.78. The van der Waals surface area contributed by atoms with E-state index in [0.29, 0.717) is 23.0 Å². The van der Waals surface area contributed by atoms with E-state index >= 15 is 0 Å². The second-order valence-electron chi connectivity index (χ2n) is 5.54. The smallest absolute Gasteiger partial charge is 0.251 e. The summed E-state index contributed by atoms with van der Waals surface area (Å²) < 4.78 is 0. The average Bonchev–Trinajstić information content (AvgIpc) is 2.44. The molecule has 3 heteroatoms. The summed E-state index contributed by atoms with van der Waals surface area (Å²) in [5.41, 5.74) is 1.21. The maximum atomic E-state index is 12.2. The molecule has 3 unspecified atom stereocenters. The lowest BCUT2D eigenvalue weighted by Crippen LogP contribution is -2.43. The predicted octanol–water partition coefficient (Wildman–Crippen LogP) is 3.11. The van der Waals surface area contributed by atoms with Crippen molar-refractivity contribution in [1.29, 1.82) is 5.26 Å². The highest BCUT2D eigenvalue weighted by Crippen LogP contribution is 2.29. The van der Waals surface area contributed by atoms with Crippen LogP contribution in [0.5, 0.6) is 0 Å². The fraction of sp³-hybridized carbons (Fsp3) is 0.500. The number of nitrogens with zero attached hydrogens (tertiary/aromatic N) is 1. The van der Waals surface area contributed by atoms with Gasteiger partial charge in [0.15, 0.2) is 0 Å². The highest BCUT2D eigenvalue weighted by molar-refractivity contribution is 5.94. The van der Waals surface area contributed by atoms with Gasteiger partial charge in [0, 0.05) is 11.6 Å². The normalized spacial score (nSPS) is 26.5. The monoisotopic (exact) mass is 256 g/mol. The summed E-state index contributed by atoms with van der Waals surface area (Å²) in [4.78, 5) is 12.2. The van der Waals surface area contributed by atoms with E-state index in [2.05, 4.69) is 25.2 Å². The van der Waals surface area contributed by atoms with Gasteiger partial charge in [0.05, 0.1) is 11.6 Å². The van der Waals surface area contributed by atoms with Crippen molar-refractivity contribution >= 4 is 5.91 Å². The molecule has 0 bridgehead atoms. The fourth-order valence-corrected chi connectivity index (χ4v) is 2.73. The van der Waals surface area contributed by atoms with Gasteiger partial charge < -0.3 is 5.32 Å². The van der Waals surface area contributed by atoms with Gasteiger partial charge in [-0.05, 0) is 42.5 Å². The van der Waals surface area contributed by atoms with E-state index in [0.717, 1.165) is 6.42 Å². The van der Waals surface area contributed by atoms with E-state index in [1.165, 1.54) is 12.8 Å². The molecule has 0 radical (unpaired) electrons. The van der Waals surface area contributed by atoms with E-state index in [9.17, 15) is 4.79 Å². The number of nitrogens with one attached hydrogen (secondary N) is 1. The first-order valence-electron chi connectivity index (χ1n) is 6.93. The number of hydrogen-bond donors (Lipinski definition) is 1. The summed E-state index contributed by atoms with van der Waals surface area (Å²) in [6.45, 7) is 4.47. The number of carbonyl (C=O) groups is 1. The average molecular weight is 256 g/mol. The minimum absolute atomic E-state index is 0.0320. The predicted molar refractivity (Wildman–Crippen MR) is 74.6 cm³/mol. The fourth-order valence-electron chi connectivity index (χ4n) is 2.73. The van der Waals surface area contributed by atoms with Gasteiger partial charge in [-0.1, -0.05) is 26.7 Å². The van der Waals surface area contributed by atoms with Gasteiger partial charge in [0.2, 0.25) is 0 Å². The van der Waals surface area contributed by atoms with E-state index in [-0.39, 0.29) is 11.9 Å². The van der Waals surface area contributed by atoms with Crippen LogP contribution in [0, 0.1) is 23.2 Å². The van der Waals surface area contributed by atoms with Crippen molar-refractivity contribution in [2.75, 3.05) is 0 Å². The summed E-state index contributed by atoms with van der Waals surface area (Å²) in [5.74, 6) is 1.16. The minimum atomic E-state index is -0.0320. The van der Waals surface area contributed by atoms with Crippen LogP contribution in [-0.2, 0) is 0 Å². The van der Waals surface area contributed by atoms with Crippen molar-refractivity contribution in [3.63, 3.8) is 0 Å². The largest absolute Gasteiger partial charge is 0.349 e. The third-order valence-electron chi connectivity index (χ3n) is 4.30. The first kappa shape index (κ1) is 13.6. The van der Waals surface area contributed by atoms with Crippen LogP contribution < -0.4 is 5.32 Å². The van der Waals surface area contributed by atoms with Crippen LogP contribution in [0.25, 0.3) is 0 Å². The van der Waals surface area contributed by atoms with Gasteiger partial charge in [-0.15, -0.1) is 0 Å². The van der Waals surface area contributed by atoms with Gasteiger partial charge in [-0.25, -0.2) is 0 Å². The summed E-state index contributed by atoms with van der Waals surface area (Å²) in [6.07, 6.45) is 3.50. The number of nitriles is 1. The molecular weight excluding hydrogens is 236 g/mol. The van der Waals surface area contributed by atoms with Crippen LogP contribution in [0.4, 0.5) is 0 Å². The Labute approximate surface area is 114 Å². The van der Waals surface area contributed by atoms with Gasteiger partial charge >= 0.3 is 0 Å². The van der Waals surface area contributed by atoms with Crippen molar-refractivity contribution in [2.45, 2.75) is 39.2 Å². The Kier molecular flexibility index (Phi) is 4.21. The Morgan fingerprint density at radius 1 is 1.26 bits per heavy atom. The molecule has 1 fully saturated rings. The molecular formula is C16H20N2O. The molecule has 1 aromatic carbocycles. The zero-order chi connectivity index (χ0) is 13.8. The molecule has 1 aliphatic rings. The van der Waals surface area contributed by atoms with Gasteiger partial charge in [0.25, 0.3) is 5.91 Å². The second kappa shape index (κ2) is 5.88. The zero-order valence-electron chi connectivity index (χ0n) is 11.5. The lowest BCUT2D eigenvalue weighted by Gasteiger charge is -2.34. The van der Waals surface area contributed by atoms with Crippen LogP contribution in [0.1, 0.15) is 49.0 Å². The van der Waals surface area contributed by atoms with Crippen LogP contribution >= 0.6 is 0 Å². The summed E-state index contributed by atoms with van der Waals surface area (Å²) >= 11 is 0. The number of carbonyl (C=O) groups excluding carboxylic acids is 1. The Balaban J connectivity index is 2.02. The van der Waals surface area contributed by atoms with Crippen molar-refractivity contribution < 1.29 is 4.79 Å². The number of hydrogen-bond acceptors (Lipinski definition) is 2. The van der Waals surface area contributed by atoms with Gasteiger partial charge in [0.1, 0.15) is 0 Å². The molecule has 2 rings (SSSR count). The molecule has 0 heterocycles. The highest BCUT2D eigenvalue weighted by atomic mass is 16.1. The molecule has 0 aromatic heterocycles. The van der Waals surface area contributed by atoms with E-state index in [4.69, 9.17) is 5.26 Å². The summed E-state index contributed by atoms with van der Waals surface area (Å²) in [5, 5.41) is 11.9. The van der Waals surface area contributed by atoms with E-state index in [1.807, 2.05) is 0 Å². The van der Waals surface area contributed by atoms with Crippen LogP contribution in [0.15, 0.2) is 24.3 Å². The van der Waals surface area contributed by atoms with Crippen LogP contribution in [-0.4, -0.2) is 11.9 Å². The Morgan fingerprint density at radius 2 is 1.95 bits per heavy atom. The molecule has 1 N–H and O–H groups in total. The molecule has 1 saturated carbocycles. The molecule has 3 atom stereocenters. The van der Waals surface area contributed by atoms with E-state index < -0.39 is 0 Å². The minimum Gasteiger partial charge on any atom is -0.349 e. The zero-order valence-corrected chi connectivity index (χ0v) is 11.5. The Bertz CT molecular complexity index is 486. The van der Waals surface area contributed by atoms with Crippen molar-refractivity contribution in [3.05, 3.63) is 35.4 Å². The Hall–Kier alpha value is -1.82. The topological polar surface area (TPSA) is 52.9 Å². The Morgan fingerprint density at radius 3 is 2.58 bits per heavy atom. The molecule has 0 aliphatic heterocycles. The molecule has 3 nitrogen and oxygen atoms in total. The maximum absolute atomic E-state index is 12.2. The molecule has 1 aromatic rings. The molecule has 100 valence electrons. The lowest BCUT2D eigenvalue weighted by molar-refractivity contribution is 0.0891. The third kappa shape index (κ3) is 3.14. The first-order chi connectivity index (χ1) is 9.11. The molecule has 19 heavy (non-hydrogen) atoms. The highest BCUT2D eigenvalue weighted by Gasteiger charge is 2.28. The molecule has 1 amide bonds. The van der Waals surface area contributed by atoms with Crippen LogP contribution in [0.2, 0.25) is 0 Å². The third-order valence-corrected chi connectivity index (χ3v) is 4.30. The van der Waals surface area contributed by atoms with Crippen LogP contribution in [0.3, 0.4) is 0 Å². The first-order valence-corrected chi connectivity index (χ1v) is 6.93. The number of benzene rings is 1. The SMILES string of the molecule is CC1CCCC(NC(=O)c2ccc(C#N)cc2)C1C. The van der Waals surface area contributed by atoms with Crippen molar-refractivity contribution in [2.24, 2.45) is 11.8 Å². The standard InChI is InChI=1S/C16H20N2O/c1-11-4-3-5-15(12(11)2)18-16(19)14-8-6-13(10-17)7-9-14/h6-9,11-12,15H,3-5H2,1-2H3,(H,18,19). The maximum Gasteiger partial charge on any atom is 0.251 e. The number of rotatable bonds is 2. The summed E-state index contributed by atoms with van der Waals surface area (Å²) in [6, 6.07) is 9.12. The summed E-state index contributed by atoms with van der Waals surface area (Å²) in [7, 11) is 0. The van der Waals surface area contributed by atoms with Crippen molar-refractivity contribution in [3.8, 4) is 6.07 Å². The molecule has 0 spiro atoms.